The number of amides is 1. The molecule has 0 atom stereocenters. The zero-order valence-electron chi connectivity index (χ0n) is 10.5. The number of carbonyl (C=O) groups excluding carboxylic acids is 1. The van der Waals surface area contributed by atoms with Gasteiger partial charge in [0.2, 0.25) is 5.91 Å². The minimum Gasteiger partial charge on any atom is -0.497 e. The third-order valence-electron chi connectivity index (χ3n) is 2.53. The number of aromatic nitrogens is 2. The molecule has 19 heavy (non-hydrogen) atoms. The summed E-state index contributed by atoms with van der Waals surface area (Å²) in [5.74, 6) is 0.718. The van der Waals surface area contributed by atoms with Crippen LogP contribution in [0, 0.1) is 3.57 Å². The Labute approximate surface area is 125 Å². The molecule has 1 heterocycles. The lowest BCUT2D eigenvalue weighted by Crippen LogP contribution is -2.27. The van der Waals surface area contributed by atoms with Crippen LogP contribution in [0.3, 0.4) is 0 Å². The first-order chi connectivity index (χ1) is 9.17. The minimum atomic E-state index is -0.0673. The molecule has 0 aliphatic carbocycles. The van der Waals surface area contributed by atoms with Crippen LogP contribution in [0.15, 0.2) is 36.7 Å². The van der Waals surface area contributed by atoms with Crippen molar-refractivity contribution in [3.05, 3.63) is 45.8 Å². The third-order valence-corrected chi connectivity index (χ3v) is 3.09. The third kappa shape index (κ3) is 4.23. The van der Waals surface area contributed by atoms with Gasteiger partial charge in [0.05, 0.1) is 16.9 Å². The second-order valence-electron chi connectivity index (χ2n) is 3.98. The lowest BCUT2D eigenvalue weighted by atomic mass is 10.2. The molecule has 1 aromatic heterocycles. The Hall–Kier alpha value is -1.57. The Balaban J connectivity index is 1.86. The van der Waals surface area contributed by atoms with E-state index < -0.39 is 0 Å². The molecule has 0 unspecified atom stereocenters. The molecular formula is C13H14IN3O2. The summed E-state index contributed by atoms with van der Waals surface area (Å²) in [5.41, 5.74) is 1.00. The highest BCUT2D eigenvalue weighted by Crippen LogP contribution is 2.12. The zero-order valence-corrected chi connectivity index (χ0v) is 12.6. The van der Waals surface area contributed by atoms with E-state index in [1.165, 1.54) is 0 Å². The van der Waals surface area contributed by atoms with E-state index in [1.54, 1.807) is 18.0 Å². The van der Waals surface area contributed by atoms with Crippen LogP contribution in [0.4, 0.5) is 0 Å². The van der Waals surface area contributed by atoms with Gasteiger partial charge in [0.15, 0.2) is 0 Å². The summed E-state index contributed by atoms with van der Waals surface area (Å²) < 4.78 is 7.76. The van der Waals surface area contributed by atoms with E-state index in [1.807, 2.05) is 30.5 Å². The van der Waals surface area contributed by atoms with Gasteiger partial charge in [0, 0.05) is 12.7 Å². The molecule has 1 N–H and O–H groups in total. The number of rotatable bonds is 5. The monoisotopic (exact) mass is 371 g/mol. The highest BCUT2D eigenvalue weighted by atomic mass is 127. The normalized spacial score (nSPS) is 10.2. The summed E-state index contributed by atoms with van der Waals surface area (Å²) in [6, 6.07) is 7.62. The topological polar surface area (TPSA) is 56.1 Å². The first-order valence-electron chi connectivity index (χ1n) is 5.75. The van der Waals surface area contributed by atoms with Crippen LogP contribution < -0.4 is 10.1 Å². The van der Waals surface area contributed by atoms with E-state index in [-0.39, 0.29) is 12.5 Å². The number of benzene rings is 1. The van der Waals surface area contributed by atoms with Crippen molar-refractivity contribution in [3.63, 3.8) is 0 Å². The molecular weight excluding hydrogens is 357 g/mol. The van der Waals surface area contributed by atoms with Gasteiger partial charge >= 0.3 is 0 Å². The molecule has 0 aliphatic heterocycles. The summed E-state index contributed by atoms with van der Waals surface area (Å²) in [4.78, 5) is 11.7. The molecule has 0 bridgehead atoms. The highest BCUT2D eigenvalue weighted by Gasteiger charge is 2.04. The molecule has 0 radical (unpaired) electrons. The van der Waals surface area contributed by atoms with Crippen LogP contribution >= 0.6 is 22.6 Å². The highest BCUT2D eigenvalue weighted by molar-refractivity contribution is 14.1. The Morgan fingerprint density at radius 1 is 1.53 bits per heavy atom. The van der Waals surface area contributed by atoms with Gasteiger partial charge in [0.25, 0.3) is 0 Å². The SMILES string of the molecule is COc1cccc(CNC(=O)Cn2cc(I)cn2)c1. The second-order valence-corrected chi connectivity index (χ2v) is 5.23. The Morgan fingerprint density at radius 3 is 3.05 bits per heavy atom. The van der Waals surface area contributed by atoms with Gasteiger partial charge < -0.3 is 10.1 Å². The number of hydrogen-bond acceptors (Lipinski definition) is 3. The molecule has 0 saturated carbocycles. The van der Waals surface area contributed by atoms with Crippen LogP contribution in [0.25, 0.3) is 0 Å². The van der Waals surface area contributed by atoms with E-state index in [9.17, 15) is 4.79 Å². The molecule has 100 valence electrons. The van der Waals surface area contributed by atoms with E-state index in [0.29, 0.717) is 6.54 Å². The van der Waals surface area contributed by atoms with Gasteiger partial charge in [-0.1, -0.05) is 12.1 Å². The molecule has 0 fully saturated rings. The number of nitrogens with one attached hydrogen (secondary N) is 1. The van der Waals surface area contributed by atoms with E-state index in [0.717, 1.165) is 14.9 Å². The van der Waals surface area contributed by atoms with Gasteiger partial charge in [0.1, 0.15) is 12.3 Å². The summed E-state index contributed by atoms with van der Waals surface area (Å²) in [6.07, 6.45) is 3.54. The Kier molecular flexibility index (Phi) is 4.78. The van der Waals surface area contributed by atoms with Crippen molar-refractivity contribution in [2.24, 2.45) is 0 Å². The number of halogens is 1. The standard InChI is InChI=1S/C13H14IN3O2/c1-19-12-4-2-3-10(5-12)6-15-13(18)9-17-8-11(14)7-16-17/h2-5,7-8H,6,9H2,1H3,(H,15,18). The first kappa shape index (κ1) is 13.9. The average Bonchev–Trinajstić information content (AvgIpc) is 2.82. The van der Waals surface area contributed by atoms with Crippen molar-refractivity contribution < 1.29 is 9.53 Å². The van der Waals surface area contributed by atoms with Crippen LogP contribution in [0.1, 0.15) is 5.56 Å². The molecule has 6 heteroatoms. The molecule has 0 saturated heterocycles. The summed E-state index contributed by atoms with van der Waals surface area (Å²) in [7, 11) is 1.62. The van der Waals surface area contributed by atoms with Gasteiger partial charge in [-0.25, -0.2) is 0 Å². The molecule has 0 spiro atoms. The fourth-order valence-electron chi connectivity index (χ4n) is 1.61. The van der Waals surface area contributed by atoms with Crippen molar-refractivity contribution >= 4 is 28.5 Å². The van der Waals surface area contributed by atoms with Crippen molar-refractivity contribution in [1.82, 2.24) is 15.1 Å². The summed E-state index contributed by atoms with van der Waals surface area (Å²) >= 11 is 2.16. The molecule has 1 amide bonds. The molecule has 2 rings (SSSR count). The smallest absolute Gasteiger partial charge is 0.241 e. The van der Waals surface area contributed by atoms with E-state index in [2.05, 4.69) is 33.0 Å². The molecule has 1 aromatic carbocycles. The predicted octanol–water partition coefficient (Wildman–Crippen LogP) is 1.81. The van der Waals surface area contributed by atoms with Gasteiger partial charge in [-0.2, -0.15) is 5.10 Å². The maximum atomic E-state index is 11.7. The second kappa shape index (κ2) is 6.55. The minimum absolute atomic E-state index is 0.0673. The maximum Gasteiger partial charge on any atom is 0.241 e. The zero-order chi connectivity index (χ0) is 13.7. The number of nitrogens with zero attached hydrogens (tertiary/aromatic N) is 2. The van der Waals surface area contributed by atoms with Crippen molar-refractivity contribution in [3.8, 4) is 5.75 Å². The van der Waals surface area contributed by atoms with Crippen molar-refractivity contribution in [1.29, 1.82) is 0 Å². The number of methoxy groups -OCH3 is 1. The van der Waals surface area contributed by atoms with Crippen LogP contribution in [0.2, 0.25) is 0 Å². The first-order valence-corrected chi connectivity index (χ1v) is 6.83. The predicted molar refractivity (Wildman–Crippen MR) is 79.8 cm³/mol. The van der Waals surface area contributed by atoms with Gasteiger partial charge in [-0.05, 0) is 40.3 Å². The van der Waals surface area contributed by atoms with Gasteiger partial charge in [-0.15, -0.1) is 0 Å². The lowest BCUT2D eigenvalue weighted by molar-refractivity contribution is -0.122. The van der Waals surface area contributed by atoms with Crippen LogP contribution in [-0.2, 0) is 17.9 Å². The van der Waals surface area contributed by atoms with E-state index >= 15 is 0 Å². The number of ether oxygens (including phenoxy) is 1. The van der Waals surface area contributed by atoms with Crippen molar-refractivity contribution in [2.75, 3.05) is 7.11 Å². The molecule has 2 aromatic rings. The fraction of sp³-hybridized carbons (Fsp3) is 0.231. The van der Waals surface area contributed by atoms with E-state index in [4.69, 9.17) is 4.74 Å². The quantitative estimate of drug-likeness (QED) is 0.816. The molecule has 5 nitrogen and oxygen atoms in total. The van der Waals surface area contributed by atoms with Crippen LogP contribution in [0.5, 0.6) is 5.75 Å². The maximum absolute atomic E-state index is 11.7. The summed E-state index contributed by atoms with van der Waals surface area (Å²) in [5, 5.41) is 6.92. The fourth-order valence-corrected chi connectivity index (χ4v) is 2.06. The number of hydrogen-bond donors (Lipinski definition) is 1. The van der Waals surface area contributed by atoms with Crippen LogP contribution in [-0.4, -0.2) is 22.8 Å². The van der Waals surface area contributed by atoms with Gasteiger partial charge in [-0.3, -0.25) is 9.48 Å². The van der Waals surface area contributed by atoms with Crippen molar-refractivity contribution in [2.45, 2.75) is 13.1 Å². The lowest BCUT2D eigenvalue weighted by Gasteiger charge is -2.07. The average molecular weight is 371 g/mol. The number of carbonyl (C=O) groups is 1. The Bertz CT molecular complexity index is 569. The summed E-state index contributed by atoms with van der Waals surface area (Å²) in [6.45, 7) is 0.710. The largest absolute Gasteiger partial charge is 0.497 e. The Morgan fingerprint density at radius 2 is 2.37 bits per heavy atom. The molecule has 0 aliphatic rings.